The van der Waals surface area contributed by atoms with E-state index in [1.807, 2.05) is 41.9 Å². The Morgan fingerprint density at radius 2 is 1.67 bits per heavy atom. The van der Waals surface area contributed by atoms with E-state index in [1.165, 1.54) is 12.1 Å². The van der Waals surface area contributed by atoms with Crippen LogP contribution in [0.2, 0.25) is 0 Å². The highest BCUT2D eigenvalue weighted by atomic mass is 19.1. The molecule has 7 heteroatoms. The number of fused-ring (bicyclic) bond motifs is 2. The molecule has 6 rings (SSSR count). The van der Waals surface area contributed by atoms with E-state index in [0.717, 1.165) is 32.9 Å². The van der Waals surface area contributed by atoms with E-state index < -0.39 is 12.3 Å². The van der Waals surface area contributed by atoms with E-state index >= 15 is 0 Å². The number of alkyl halides is 1. The second kappa shape index (κ2) is 8.39. The Balaban J connectivity index is 1.45. The number of halogens is 2. The maximum Gasteiger partial charge on any atom is 0.145 e. The first-order valence-corrected chi connectivity index (χ1v) is 11.5. The van der Waals surface area contributed by atoms with Gasteiger partial charge < -0.3 is 9.67 Å². The van der Waals surface area contributed by atoms with Crippen molar-refractivity contribution in [3.05, 3.63) is 115 Å². The molecule has 0 spiro atoms. The van der Waals surface area contributed by atoms with Gasteiger partial charge in [0.1, 0.15) is 18.1 Å². The molecule has 3 aromatic carbocycles. The number of aryl methyl sites for hydroxylation is 1. The zero-order valence-corrected chi connectivity index (χ0v) is 19.4. The lowest BCUT2D eigenvalue weighted by Crippen LogP contribution is -2.29. The number of aromatic nitrogens is 4. The highest BCUT2D eigenvalue weighted by molar-refractivity contribution is 5.90. The summed E-state index contributed by atoms with van der Waals surface area (Å²) in [6.45, 7) is -0.990. The first kappa shape index (κ1) is 22.1. The maximum absolute atomic E-state index is 14.7. The topological polar surface area (TPSA) is 55.9 Å². The molecule has 0 bridgehead atoms. The van der Waals surface area contributed by atoms with Gasteiger partial charge in [-0.2, -0.15) is 5.10 Å². The number of nitrogens with zero attached hydrogens (tertiary/aromatic N) is 4. The number of benzene rings is 3. The average molecular weight is 481 g/mol. The molecule has 36 heavy (non-hydrogen) atoms. The van der Waals surface area contributed by atoms with Gasteiger partial charge in [-0.1, -0.05) is 18.2 Å². The van der Waals surface area contributed by atoms with Crippen LogP contribution in [0, 0.1) is 5.82 Å². The van der Waals surface area contributed by atoms with Gasteiger partial charge in [0, 0.05) is 47.5 Å². The zero-order chi connectivity index (χ0) is 24.9. The first-order chi connectivity index (χ1) is 17.5. The number of hydrogen-bond donors (Lipinski definition) is 1. The minimum absolute atomic E-state index is 0.325. The fraction of sp³-hybridized carbons (Fsp3) is 0.103. The van der Waals surface area contributed by atoms with Crippen molar-refractivity contribution in [2.24, 2.45) is 7.05 Å². The monoisotopic (exact) mass is 480 g/mol. The molecule has 0 aliphatic heterocycles. The van der Waals surface area contributed by atoms with Gasteiger partial charge in [0.15, 0.2) is 0 Å². The van der Waals surface area contributed by atoms with Gasteiger partial charge in [0.25, 0.3) is 0 Å². The lowest BCUT2D eigenvalue weighted by Gasteiger charge is -2.25. The van der Waals surface area contributed by atoms with Crippen LogP contribution in [0.3, 0.4) is 0 Å². The molecule has 3 aromatic heterocycles. The molecule has 6 aromatic rings. The molecule has 0 saturated carbocycles. The predicted molar refractivity (Wildman–Crippen MR) is 136 cm³/mol. The molecular weight excluding hydrogens is 458 g/mol. The summed E-state index contributed by atoms with van der Waals surface area (Å²) in [5.41, 5.74) is 3.48. The molecule has 0 aliphatic rings. The van der Waals surface area contributed by atoms with Gasteiger partial charge in [0.05, 0.1) is 17.4 Å². The SMILES string of the molecule is Cn1cc(C(O)(CF)c2ccc3c(cnn3-c3ccc(F)cc3)c2)c2ccc(-c3ccncc3)cc21. The quantitative estimate of drug-likeness (QED) is 0.333. The Morgan fingerprint density at radius 1 is 0.889 bits per heavy atom. The molecule has 0 saturated heterocycles. The van der Waals surface area contributed by atoms with Crippen LogP contribution in [0.1, 0.15) is 11.1 Å². The largest absolute Gasteiger partial charge is 0.378 e. The molecule has 0 amide bonds. The van der Waals surface area contributed by atoms with E-state index in [2.05, 4.69) is 10.1 Å². The van der Waals surface area contributed by atoms with Crippen LogP contribution < -0.4 is 0 Å². The molecule has 1 atom stereocenters. The summed E-state index contributed by atoms with van der Waals surface area (Å²) >= 11 is 0. The van der Waals surface area contributed by atoms with Crippen molar-refractivity contribution >= 4 is 21.8 Å². The minimum atomic E-state index is -1.84. The summed E-state index contributed by atoms with van der Waals surface area (Å²) in [6.07, 6.45) is 6.93. The van der Waals surface area contributed by atoms with Crippen molar-refractivity contribution in [2.45, 2.75) is 5.60 Å². The zero-order valence-electron chi connectivity index (χ0n) is 19.4. The Bertz CT molecular complexity index is 1710. The predicted octanol–water partition coefficient (Wildman–Crippen LogP) is 5.92. The summed E-state index contributed by atoms with van der Waals surface area (Å²) in [5, 5.41) is 17.6. The number of aliphatic hydroxyl groups is 1. The van der Waals surface area contributed by atoms with Gasteiger partial charge >= 0.3 is 0 Å². The second-order valence-electron chi connectivity index (χ2n) is 8.92. The van der Waals surface area contributed by atoms with E-state index in [9.17, 15) is 13.9 Å². The molecule has 5 nitrogen and oxygen atoms in total. The Labute approximate surface area is 205 Å². The normalized spacial score (nSPS) is 13.3. The van der Waals surface area contributed by atoms with Gasteiger partial charge in [-0.15, -0.1) is 0 Å². The summed E-state index contributed by atoms with van der Waals surface area (Å²) < 4.78 is 31.6. The van der Waals surface area contributed by atoms with Gasteiger partial charge in [-0.25, -0.2) is 13.5 Å². The van der Waals surface area contributed by atoms with Crippen LogP contribution >= 0.6 is 0 Å². The molecule has 178 valence electrons. The molecular formula is C29H22F2N4O. The van der Waals surface area contributed by atoms with Crippen molar-refractivity contribution in [3.63, 3.8) is 0 Å². The van der Waals surface area contributed by atoms with E-state index in [1.54, 1.807) is 59.8 Å². The van der Waals surface area contributed by atoms with Crippen LogP contribution in [0.25, 0.3) is 38.6 Å². The van der Waals surface area contributed by atoms with E-state index in [-0.39, 0.29) is 5.82 Å². The van der Waals surface area contributed by atoms with Crippen LogP contribution in [0.5, 0.6) is 0 Å². The van der Waals surface area contributed by atoms with Crippen molar-refractivity contribution in [1.29, 1.82) is 0 Å². The summed E-state index contributed by atoms with van der Waals surface area (Å²) in [5.74, 6) is -0.325. The standard InChI is InChI=1S/C29H22F2N4O/c1-34-17-26(25-8-2-20(15-28(25)34)19-10-12-32-13-11-19)29(36,18-30)22-3-9-27-21(14-22)16-33-35(27)24-6-4-23(31)5-7-24/h2-17,36H,18H2,1H3. The molecule has 0 fully saturated rings. The first-order valence-electron chi connectivity index (χ1n) is 11.5. The Kier molecular flexibility index (Phi) is 5.16. The Morgan fingerprint density at radius 3 is 2.42 bits per heavy atom. The fourth-order valence-corrected chi connectivity index (χ4v) is 4.82. The Hall–Kier alpha value is -4.36. The molecule has 3 heterocycles. The average Bonchev–Trinajstić information content (AvgIpc) is 3.50. The molecule has 0 radical (unpaired) electrons. The summed E-state index contributed by atoms with van der Waals surface area (Å²) in [4.78, 5) is 4.07. The lowest BCUT2D eigenvalue weighted by atomic mass is 9.86. The van der Waals surface area contributed by atoms with Crippen molar-refractivity contribution in [1.82, 2.24) is 19.3 Å². The van der Waals surface area contributed by atoms with Crippen molar-refractivity contribution < 1.29 is 13.9 Å². The maximum atomic E-state index is 14.7. The fourth-order valence-electron chi connectivity index (χ4n) is 4.82. The second-order valence-corrected chi connectivity index (χ2v) is 8.92. The van der Waals surface area contributed by atoms with Crippen molar-refractivity contribution in [2.75, 3.05) is 6.67 Å². The van der Waals surface area contributed by atoms with Crippen LogP contribution in [-0.2, 0) is 12.6 Å². The molecule has 1 N–H and O–H groups in total. The third kappa shape index (κ3) is 3.48. The van der Waals surface area contributed by atoms with Crippen LogP contribution in [0.15, 0.2) is 97.6 Å². The van der Waals surface area contributed by atoms with Crippen LogP contribution in [-0.4, -0.2) is 31.1 Å². The number of hydrogen-bond acceptors (Lipinski definition) is 3. The van der Waals surface area contributed by atoms with E-state index in [4.69, 9.17) is 0 Å². The highest BCUT2D eigenvalue weighted by Crippen LogP contribution is 2.38. The highest BCUT2D eigenvalue weighted by Gasteiger charge is 2.35. The summed E-state index contributed by atoms with van der Waals surface area (Å²) in [7, 11) is 1.89. The third-order valence-electron chi connectivity index (χ3n) is 6.76. The van der Waals surface area contributed by atoms with Gasteiger partial charge in [-0.05, 0) is 71.3 Å². The molecule has 1 unspecified atom stereocenters. The van der Waals surface area contributed by atoms with Gasteiger partial charge in [0.2, 0.25) is 0 Å². The van der Waals surface area contributed by atoms with Crippen molar-refractivity contribution in [3.8, 4) is 16.8 Å². The smallest absolute Gasteiger partial charge is 0.145 e. The minimum Gasteiger partial charge on any atom is -0.378 e. The molecule has 0 aliphatic carbocycles. The van der Waals surface area contributed by atoms with Crippen LogP contribution in [0.4, 0.5) is 8.78 Å². The van der Waals surface area contributed by atoms with Gasteiger partial charge in [-0.3, -0.25) is 4.98 Å². The lowest BCUT2D eigenvalue weighted by molar-refractivity contribution is 0.0532. The van der Waals surface area contributed by atoms with E-state index in [0.29, 0.717) is 16.8 Å². The third-order valence-corrected chi connectivity index (χ3v) is 6.76. The summed E-state index contributed by atoms with van der Waals surface area (Å²) in [6, 6.07) is 21.1. The number of rotatable bonds is 5. The number of pyridine rings is 1.